The summed E-state index contributed by atoms with van der Waals surface area (Å²) in [5, 5.41) is 0. The van der Waals surface area contributed by atoms with Gasteiger partial charge in [0.1, 0.15) is 0 Å². The highest BCUT2D eigenvalue weighted by Gasteiger charge is 2.16. The van der Waals surface area contributed by atoms with E-state index in [-0.39, 0.29) is 11.3 Å². The van der Waals surface area contributed by atoms with E-state index >= 15 is 0 Å². The molecule has 0 aliphatic heterocycles. The molecule has 0 saturated carbocycles. The largest absolute Gasteiger partial charge is 0.399 e. The molecule has 8 nitrogen and oxygen atoms in total. The van der Waals surface area contributed by atoms with E-state index in [4.69, 9.17) is 10.5 Å². The summed E-state index contributed by atoms with van der Waals surface area (Å²) in [5.41, 5.74) is 14.5. The summed E-state index contributed by atoms with van der Waals surface area (Å²) in [4.78, 5) is 21.0. The fourth-order valence-corrected chi connectivity index (χ4v) is 4.58. The van der Waals surface area contributed by atoms with E-state index in [0.717, 1.165) is 19.3 Å². The van der Waals surface area contributed by atoms with Crippen molar-refractivity contribution in [3.8, 4) is 0 Å². The van der Waals surface area contributed by atoms with Crippen LogP contribution in [0.15, 0.2) is 29.2 Å². The van der Waals surface area contributed by atoms with Gasteiger partial charge in [0, 0.05) is 12.1 Å². The van der Waals surface area contributed by atoms with Crippen LogP contribution < -0.4 is 21.9 Å². The first kappa shape index (κ1) is 31.7. The molecule has 0 spiro atoms. The van der Waals surface area contributed by atoms with Crippen molar-refractivity contribution in [1.82, 2.24) is 4.72 Å². The standard InChI is InChI=1S/C24H42N2O3S.CH4N2O/c1-2-3-4-5-6-7-8-9-10-11-12-13-14-15-16-17-24(27)26-30(28,29)23-20-18-22(25)19-21-23;2-1(3)4/h18-21H,2-17,25H2,1H3,(H,26,27);(H4,2,3,4). The second kappa shape index (κ2) is 20.1. The van der Waals surface area contributed by atoms with Gasteiger partial charge in [0.05, 0.1) is 4.90 Å². The molecule has 1 aromatic carbocycles. The van der Waals surface area contributed by atoms with Crippen LogP contribution in [-0.2, 0) is 14.8 Å². The van der Waals surface area contributed by atoms with Gasteiger partial charge in [0.2, 0.25) is 5.91 Å². The van der Waals surface area contributed by atoms with Gasteiger partial charge in [-0.1, -0.05) is 96.8 Å². The second-order valence-corrected chi connectivity index (χ2v) is 10.4. The van der Waals surface area contributed by atoms with Crippen LogP contribution in [0, 0.1) is 0 Å². The molecule has 196 valence electrons. The minimum atomic E-state index is -3.80. The average Bonchev–Trinajstić information content (AvgIpc) is 2.76. The topological polar surface area (TPSA) is 158 Å². The third-order valence-corrected chi connectivity index (χ3v) is 6.84. The van der Waals surface area contributed by atoms with Crippen LogP contribution in [0.4, 0.5) is 10.5 Å². The first-order valence-corrected chi connectivity index (χ1v) is 14.1. The molecular formula is C25H46N4O4S. The Morgan fingerprint density at radius 1 is 0.706 bits per heavy atom. The van der Waals surface area contributed by atoms with Gasteiger partial charge in [-0.15, -0.1) is 0 Å². The van der Waals surface area contributed by atoms with E-state index in [1.165, 1.54) is 101 Å². The summed E-state index contributed by atoms with van der Waals surface area (Å²) in [6, 6.07) is 4.98. The monoisotopic (exact) mass is 498 g/mol. The summed E-state index contributed by atoms with van der Waals surface area (Å²) in [7, 11) is -3.80. The van der Waals surface area contributed by atoms with Crippen LogP contribution in [0.1, 0.15) is 110 Å². The van der Waals surface area contributed by atoms with Crippen molar-refractivity contribution >= 4 is 27.6 Å². The van der Waals surface area contributed by atoms with Crippen molar-refractivity contribution in [1.29, 1.82) is 0 Å². The Bertz CT molecular complexity index is 764. The number of carbonyl (C=O) groups excluding carboxylic acids is 2. The van der Waals surface area contributed by atoms with Crippen LogP contribution >= 0.6 is 0 Å². The van der Waals surface area contributed by atoms with Gasteiger partial charge in [0.15, 0.2) is 0 Å². The number of unbranched alkanes of at least 4 members (excludes halogenated alkanes) is 14. The fraction of sp³-hybridized carbons (Fsp3) is 0.680. The molecule has 0 heterocycles. The van der Waals surface area contributed by atoms with Crippen LogP contribution in [0.2, 0.25) is 0 Å². The maximum Gasteiger partial charge on any atom is 0.309 e. The molecule has 0 atom stereocenters. The van der Waals surface area contributed by atoms with Crippen molar-refractivity contribution in [3.63, 3.8) is 0 Å². The zero-order valence-electron chi connectivity index (χ0n) is 20.9. The lowest BCUT2D eigenvalue weighted by atomic mass is 10.0. The molecular weight excluding hydrogens is 452 g/mol. The number of urea groups is 1. The molecule has 1 aromatic rings. The van der Waals surface area contributed by atoms with Crippen molar-refractivity contribution < 1.29 is 18.0 Å². The van der Waals surface area contributed by atoms with Gasteiger partial charge >= 0.3 is 6.03 Å². The molecule has 9 heteroatoms. The quantitative estimate of drug-likeness (QED) is 0.158. The lowest BCUT2D eigenvalue weighted by Crippen LogP contribution is -2.30. The Kier molecular flexibility index (Phi) is 18.8. The maximum atomic E-state index is 12.1. The molecule has 0 aromatic heterocycles. The number of benzene rings is 1. The zero-order valence-corrected chi connectivity index (χ0v) is 21.7. The highest BCUT2D eigenvalue weighted by Crippen LogP contribution is 2.14. The van der Waals surface area contributed by atoms with Crippen LogP contribution in [0.5, 0.6) is 0 Å². The van der Waals surface area contributed by atoms with Gasteiger partial charge in [-0.2, -0.15) is 0 Å². The number of anilines is 1. The summed E-state index contributed by atoms with van der Waals surface area (Å²) in [5.74, 6) is -0.443. The summed E-state index contributed by atoms with van der Waals surface area (Å²) in [6.07, 6.45) is 19.2. The fourth-order valence-electron chi connectivity index (χ4n) is 3.56. The summed E-state index contributed by atoms with van der Waals surface area (Å²) < 4.78 is 26.4. The average molecular weight is 499 g/mol. The van der Waals surface area contributed by atoms with Gasteiger partial charge in [-0.3, -0.25) is 4.79 Å². The minimum Gasteiger partial charge on any atom is -0.399 e. The van der Waals surface area contributed by atoms with E-state index in [2.05, 4.69) is 23.1 Å². The predicted octanol–water partition coefficient (Wildman–Crippen LogP) is 5.36. The van der Waals surface area contributed by atoms with Crippen molar-refractivity contribution in [2.75, 3.05) is 5.73 Å². The number of primary amides is 2. The lowest BCUT2D eigenvalue weighted by Gasteiger charge is -2.07. The molecule has 34 heavy (non-hydrogen) atoms. The molecule has 0 aliphatic carbocycles. The van der Waals surface area contributed by atoms with Crippen LogP contribution in [-0.4, -0.2) is 20.4 Å². The molecule has 0 radical (unpaired) electrons. The third kappa shape index (κ3) is 19.2. The Morgan fingerprint density at radius 3 is 1.44 bits per heavy atom. The highest BCUT2D eigenvalue weighted by molar-refractivity contribution is 7.90. The third-order valence-electron chi connectivity index (χ3n) is 5.45. The van der Waals surface area contributed by atoms with Crippen LogP contribution in [0.3, 0.4) is 0 Å². The number of rotatable bonds is 18. The number of amides is 3. The minimum absolute atomic E-state index is 0.0570. The highest BCUT2D eigenvalue weighted by atomic mass is 32.2. The molecule has 0 bridgehead atoms. The number of nitrogens with one attached hydrogen (secondary N) is 1. The van der Waals surface area contributed by atoms with Gasteiger partial charge < -0.3 is 17.2 Å². The van der Waals surface area contributed by atoms with Gasteiger partial charge in [0.25, 0.3) is 10.0 Å². The molecule has 1 rings (SSSR count). The van der Waals surface area contributed by atoms with Gasteiger partial charge in [-0.25, -0.2) is 17.9 Å². The van der Waals surface area contributed by atoms with Crippen molar-refractivity contribution in [3.05, 3.63) is 24.3 Å². The van der Waals surface area contributed by atoms with Gasteiger partial charge in [-0.05, 0) is 30.7 Å². The van der Waals surface area contributed by atoms with Crippen molar-refractivity contribution in [2.24, 2.45) is 11.5 Å². The zero-order chi connectivity index (χ0) is 25.7. The second-order valence-electron chi connectivity index (χ2n) is 8.70. The first-order chi connectivity index (χ1) is 16.2. The Labute approximate surface area is 206 Å². The molecule has 0 unspecified atom stereocenters. The van der Waals surface area contributed by atoms with Crippen LogP contribution in [0.25, 0.3) is 0 Å². The van der Waals surface area contributed by atoms with Crippen molar-refractivity contribution in [2.45, 2.75) is 115 Å². The summed E-state index contributed by atoms with van der Waals surface area (Å²) in [6.45, 7) is 2.26. The number of hydrogen-bond donors (Lipinski definition) is 4. The molecule has 0 saturated heterocycles. The Morgan fingerprint density at radius 2 is 1.06 bits per heavy atom. The maximum absolute atomic E-state index is 12.1. The predicted molar refractivity (Wildman–Crippen MR) is 139 cm³/mol. The number of nitrogens with two attached hydrogens (primary N) is 3. The molecule has 3 amide bonds. The lowest BCUT2D eigenvalue weighted by molar-refractivity contribution is -0.119. The Hall–Kier alpha value is -2.29. The normalized spacial score (nSPS) is 10.9. The van der Waals surface area contributed by atoms with E-state index in [9.17, 15) is 13.2 Å². The number of sulfonamides is 1. The number of hydrogen-bond acceptors (Lipinski definition) is 5. The smallest absolute Gasteiger partial charge is 0.309 e. The number of nitrogen functional groups attached to an aromatic ring is 1. The van der Waals surface area contributed by atoms with E-state index in [1.54, 1.807) is 0 Å². The van der Waals surface area contributed by atoms with E-state index in [0.29, 0.717) is 5.69 Å². The number of carbonyl (C=O) groups is 2. The van der Waals surface area contributed by atoms with E-state index in [1.807, 2.05) is 0 Å². The molecule has 0 fully saturated rings. The molecule has 7 N–H and O–H groups in total. The SMILES string of the molecule is CCCCCCCCCCCCCCCCCC(=O)NS(=O)(=O)c1ccc(N)cc1.NC(N)=O. The molecule has 0 aliphatic rings. The summed E-state index contributed by atoms with van der Waals surface area (Å²) >= 11 is 0. The first-order valence-electron chi connectivity index (χ1n) is 12.6. The van der Waals surface area contributed by atoms with E-state index < -0.39 is 22.0 Å². The Balaban J connectivity index is 0.00000251.